The molecule has 1 unspecified atom stereocenters. The average Bonchev–Trinajstić information content (AvgIpc) is 2.70. The molecule has 0 bridgehead atoms. The summed E-state index contributed by atoms with van der Waals surface area (Å²) in [4.78, 5) is 19.5. The molecule has 3 aromatic rings. The predicted octanol–water partition coefficient (Wildman–Crippen LogP) is 6.02. The van der Waals surface area contributed by atoms with E-state index in [-0.39, 0.29) is 11.8 Å². The molecule has 0 N–H and O–H groups in total. The van der Waals surface area contributed by atoms with Crippen LogP contribution in [-0.4, -0.2) is 17.4 Å². The van der Waals surface area contributed by atoms with E-state index in [9.17, 15) is 4.79 Å². The fraction of sp³-hybridized carbons (Fsp3) is 0.182. The number of amides is 1. The summed E-state index contributed by atoms with van der Waals surface area (Å²) in [5.41, 5.74) is 2.47. The van der Waals surface area contributed by atoms with Gasteiger partial charge in [-0.05, 0) is 48.2 Å². The Morgan fingerprint density at radius 2 is 1.96 bits per heavy atom. The third-order valence-electron chi connectivity index (χ3n) is 4.69. The van der Waals surface area contributed by atoms with E-state index in [4.69, 9.17) is 27.9 Å². The molecule has 1 atom stereocenters. The molecule has 4 nitrogen and oxygen atoms in total. The van der Waals surface area contributed by atoms with Crippen LogP contribution in [0.4, 0.5) is 5.69 Å². The fourth-order valence-electron chi connectivity index (χ4n) is 3.43. The van der Waals surface area contributed by atoms with Crippen LogP contribution >= 0.6 is 23.2 Å². The normalized spacial score (nSPS) is 15.8. The topological polar surface area (TPSA) is 42.4 Å². The van der Waals surface area contributed by atoms with Crippen LogP contribution in [0.3, 0.4) is 0 Å². The van der Waals surface area contributed by atoms with Gasteiger partial charge in [0.05, 0.1) is 5.02 Å². The Kier molecular flexibility index (Phi) is 5.25. The quantitative estimate of drug-likeness (QED) is 0.527. The number of hydrogen-bond donors (Lipinski definition) is 0. The Hall–Kier alpha value is -2.56. The van der Waals surface area contributed by atoms with Crippen LogP contribution in [0.5, 0.6) is 11.6 Å². The Morgan fingerprint density at radius 1 is 1.14 bits per heavy atom. The summed E-state index contributed by atoms with van der Waals surface area (Å²) in [5.74, 6) is 0.768. The maximum Gasteiger partial charge on any atom is 0.263 e. The second kappa shape index (κ2) is 7.82. The maximum atomic E-state index is 13.4. The zero-order chi connectivity index (χ0) is 19.7. The van der Waals surface area contributed by atoms with Crippen molar-refractivity contribution in [3.05, 3.63) is 82.0 Å². The SMILES string of the molecule is CC1Cc2ccccc2N(C(=O)c2cccnc2Oc2cc(Cl)ccc2Cl)C1. The summed E-state index contributed by atoms with van der Waals surface area (Å²) in [6.07, 6.45) is 2.53. The predicted molar refractivity (Wildman–Crippen MR) is 112 cm³/mol. The van der Waals surface area contributed by atoms with Crippen molar-refractivity contribution in [1.82, 2.24) is 4.98 Å². The van der Waals surface area contributed by atoms with Crippen LogP contribution in [0.2, 0.25) is 10.0 Å². The first-order valence-corrected chi connectivity index (χ1v) is 9.76. The summed E-state index contributed by atoms with van der Waals surface area (Å²) < 4.78 is 5.87. The van der Waals surface area contributed by atoms with Gasteiger partial charge >= 0.3 is 0 Å². The van der Waals surface area contributed by atoms with Gasteiger partial charge in [-0.1, -0.05) is 48.3 Å². The number of fused-ring (bicyclic) bond motifs is 1. The van der Waals surface area contributed by atoms with Crippen molar-refractivity contribution < 1.29 is 9.53 Å². The summed E-state index contributed by atoms with van der Waals surface area (Å²) >= 11 is 12.3. The van der Waals surface area contributed by atoms with E-state index in [1.54, 1.807) is 41.4 Å². The zero-order valence-corrected chi connectivity index (χ0v) is 16.7. The fourth-order valence-corrected chi connectivity index (χ4v) is 3.75. The highest BCUT2D eigenvalue weighted by Crippen LogP contribution is 2.35. The molecule has 0 saturated heterocycles. The number of benzene rings is 2. The van der Waals surface area contributed by atoms with Crippen LogP contribution in [0, 0.1) is 5.92 Å². The summed E-state index contributed by atoms with van der Waals surface area (Å²) in [7, 11) is 0. The van der Waals surface area contributed by atoms with E-state index in [0.717, 1.165) is 12.1 Å². The van der Waals surface area contributed by atoms with E-state index in [2.05, 4.69) is 18.0 Å². The monoisotopic (exact) mass is 412 g/mol. The molecule has 6 heteroatoms. The number of halogens is 2. The Morgan fingerprint density at radius 3 is 2.82 bits per heavy atom. The van der Waals surface area contributed by atoms with E-state index < -0.39 is 0 Å². The van der Waals surface area contributed by atoms with E-state index in [1.165, 1.54) is 5.56 Å². The Balaban J connectivity index is 1.71. The standard InChI is InChI=1S/C22H18Cl2N2O2/c1-14-11-15-5-2-3-7-19(15)26(13-14)22(27)17-6-4-10-25-21(17)28-20-12-16(23)8-9-18(20)24/h2-10,12,14H,11,13H2,1H3. The first-order chi connectivity index (χ1) is 13.5. The minimum atomic E-state index is -0.153. The number of aromatic nitrogens is 1. The summed E-state index contributed by atoms with van der Waals surface area (Å²) in [6, 6.07) is 16.3. The molecule has 28 heavy (non-hydrogen) atoms. The first-order valence-electron chi connectivity index (χ1n) is 9.00. The van der Waals surface area contributed by atoms with Crippen molar-refractivity contribution in [2.45, 2.75) is 13.3 Å². The number of para-hydroxylation sites is 1. The molecule has 2 aromatic carbocycles. The van der Waals surface area contributed by atoms with E-state index in [1.807, 2.05) is 18.2 Å². The molecule has 0 saturated carbocycles. The van der Waals surface area contributed by atoms with Crippen LogP contribution in [0.25, 0.3) is 0 Å². The lowest BCUT2D eigenvalue weighted by Crippen LogP contribution is -2.39. The molecule has 1 aliphatic rings. The Labute approximate surface area is 173 Å². The molecule has 142 valence electrons. The number of pyridine rings is 1. The highest BCUT2D eigenvalue weighted by atomic mass is 35.5. The van der Waals surface area contributed by atoms with Gasteiger partial charge in [0.15, 0.2) is 0 Å². The van der Waals surface area contributed by atoms with Gasteiger partial charge in [0.1, 0.15) is 11.3 Å². The van der Waals surface area contributed by atoms with Crippen LogP contribution in [0.15, 0.2) is 60.8 Å². The third kappa shape index (κ3) is 3.71. The van der Waals surface area contributed by atoms with Crippen molar-refractivity contribution in [3.63, 3.8) is 0 Å². The van der Waals surface area contributed by atoms with E-state index >= 15 is 0 Å². The lowest BCUT2D eigenvalue weighted by molar-refractivity contribution is 0.0978. The van der Waals surface area contributed by atoms with Gasteiger partial charge in [-0.25, -0.2) is 4.98 Å². The van der Waals surface area contributed by atoms with Crippen molar-refractivity contribution >= 4 is 34.8 Å². The molecule has 0 radical (unpaired) electrons. The minimum Gasteiger partial charge on any atom is -0.437 e. The number of hydrogen-bond acceptors (Lipinski definition) is 3. The minimum absolute atomic E-state index is 0.153. The van der Waals surface area contributed by atoms with Gasteiger partial charge in [0.2, 0.25) is 5.88 Å². The molecule has 4 rings (SSSR count). The van der Waals surface area contributed by atoms with Crippen molar-refractivity contribution in [2.75, 3.05) is 11.4 Å². The smallest absolute Gasteiger partial charge is 0.263 e. The molecular weight excluding hydrogens is 395 g/mol. The molecule has 1 aromatic heterocycles. The van der Waals surface area contributed by atoms with Crippen molar-refractivity contribution in [1.29, 1.82) is 0 Å². The maximum absolute atomic E-state index is 13.4. The molecule has 2 heterocycles. The molecule has 0 fully saturated rings. The number of rotatable bonds is 3. The number of anilines is 1. The molecular formula is C22H18Cl2N2O2. The highest BCUT2D eigenvalue weighted by molar-refractivity contribution is 6.34. The second-order valence-corrected chi connectivity index (χ2v) is 7.73. The second-order valence-electron chi connectivity index (χ2n) is 6.89. The highest BCUT2D eigenvalue weighted by Gasteiger charge is 2.29. The average molecular weight is 413 g/mol. The zero-order valence-electron chi connectivity index (χ0n) is 15.2. The molecule has 1 aliphatic heterocycles. The van der Waals surface area contributed by atoms with Crippen molar-refractivity contribution in [3.8, 4) is 11.6 Å². The lowest BCUT2D eigenvalue weighted by Gasteiger charge is -2.33. The van der Waals surface area contributed by atoms with Gasteiger partial charge in [-0.2, -0.15) is 0 Å². The number of carbonyl (C=O) groups is 1. The van der Waals surface area contributed by atoms with Crippen molar-refractivity contribution in [2.24, 2.45) is 5.92 Å². The van der Waals surface area contributed by atoms with Gasteiger partial charge < -0.3 is 9.64 Å². The summed E-state index contributed by atoms with van der Waals surface area (Å²) in [6.45, 7) is 2.78. The summed E-state index contributed by atoms with van der Waals surface area (Å²) in [5, 5.41) is 0.882. The third-order valence-corrected chi connectivity index (χ3v) is 5.24. The molecule has 0 aliphatic carbocycles. The van der Waals surface area contributed by atoms with Crippen LogP contribution < -0.4 is 9.64 Å². The van der Waals surface area contributed by atoms with Crippen LogP contribution in [0.1, 0.15) is 22.8 Å². The largest absolute Gasteiger partial charge is 0.437 e. The Bertz CT molecular complexity index is 1040. The number of nitrogens with zero attached hydrogens (tertiary/aromatic N) is 2. The first kappa shape index (κ1) is 18.8. The van der Waals surface area contributed by atoms with E-state index in [0.29, 0.717) is 33.8 Å². The number of ether oxygens (including phenoxy) is 1. The van der Waals surface area contributed by atoms with Gasteiger partial charge in [-0.3, -0.25) is 4.79 Å². The van der Waals surface area contributed by atoms with Gasteiger partial charge in [-0.15, -0.1) is 0 Å². The van der Waals surface area contributed by atoms with Gasteiger partial charge in [0.25, 0.3) is 5.91 Å². The van der Waals surface area contributed by atoms with Gasteiger partial charge in [0, 0.05) is 29.5 Å². The number of carbonyl (C=O) groups excluding carboxylic acids is 1. The molecule has 1 amide bonds. The lowest BCUT2D eigenvalue weighted by atomic mass is 9.93. The van der Waals surface area contributed by atoms with Crippen LogP contribution in [-0.2, 0) is 6.42 Å². The molecule has 0 spiro atoms.